The number of nitrogens with zero attached hydrogens (tertiary/aromatic N) is 3. The molecule has 1 fully saturated rings. The van der Waals surface area contributed by atoms with Crippen LogP contribution in [-0.2, 0) is 0 Å². The van der Waals surface area contributed by atoms with E-state index in [1.165, 1.54) is 0 Å². The van der Waals surface area contributed by atoms with Crippen molar-refractivity contribution in [3.63, 3.8) is 0 Å². The van der Waals surface area contributed by atoms with Gasteiger partial charge in [-0.2, -0.15) is 4.99 Å². The van der Waals surface area contributed by atoms with Crippen LogP contribution < -0.4 is 26.4 Å². The number of guanidine groups is 1. The van der Waals surface area contributed by atoms with Crippen LogP contribution in [0.25, 0.3) is 11.1 Å². The van der Waals surface area contributed by atoms with Gasteiger partial charge in [0.2, 0.25) is 0 Å². The first-order valence-electron chi connectivity index (χ1n) is 11.6. The van der Waals surface area contributed by atoms with Gasteiger partial charge in [0.15, 0.2) is 11.8 Å². The van der Waals surface area contributed by atoms with E-state index in [0.717, 1.165) is 48.4 Å². The molecule has 2 amide bonds. The molecule has 2 aromatic carbocycles. The van der Waals surface area contributed by atoms with Crippen LogP contribution in [0, 0.1) is 0 Å². The number of carbonyl (C=O) groups excluding carboxylic acids is 1. The molecule has 2 heterocycles. The molecule has 35 heavy (non-hydrogen) atoms. The normalized spacial score (nSPS) is 14.5. The van der Waals surface area contributed by atoms with Crippen LogP contribution in [0.3, 0.4) is 0 Å². The first-order chi connectivity index (χ1) is 17.1. The van der Waals surface area contributed by atoms with E-state index in [0.29, 0.717) is 17.6 Å². The van der Waals surface area contributed by atoms with Gasteiger partial charge in [0.05, 0.1) is 12.8 Å². The number of carbonyl (C=O) groups is 1. The van der Waals surface area contributed by atoms with Crippen molar-refractivity contribution in [1.82, 2.24) is 15.2 Å². The molecule has 0 aliphatic carbocycles. The molecule has 9 nitrogen and oxygen atoms in total. The van der Waals surface area contributed by atoms with Crippen LogP contribution in [-0.4, -0.2) is 55.2 Å². The summed E-state index contributed by atoms with van der Waals surface area (Å²) in [6.07, 6.45) is 3.66. The summed E-state index contributed by atoms with van der Waals surface area (Å²) in [5, 5.41) is 9.32. The Morgan fingerprint density at radius 2 is 1.86 bits per heavy atom. The van der Waals surface area contributed by atoms with Crippen molar-refractivity contribution in [2.75, 3.05) is 37.9 Å². The number of pyridine rings is 1. The Balaban J connectivity index is 1.40. The van der Waals surface area contributed by atoms with Crippen molar-refractivity contribution in [3.8, 4) is 16.9 Å². The number of para-hydroxylation sites is 2. The van der Waals surface area contributed by atoms with Crippen molar-refractivity contribution in [2.45, 2.75) is 18.9 Å². The highest BCUT2D eigenvalue weighted by Crippen LogP contribution is 2.25. The van der Waals surface area contributed by atoms with Gasteiger partial charge in [-0.05, 0) is 61.9 Å². The van der Waals surface area contributed by atoms with Crippen molar-refractivity contribution in [1.29, 1.82) is 0 Å². The van der Waals surface area contributed by atoms with E-state index < -0.39 is 0 Å². The lowest BCUT2D eigenvalue weighted by atomic mass is 10.1. The molecule has 0 unspecified atom stereocenters. The average molecular weight is 474 g/mol. The fraction of sp³-hybridized carbons (Fsp3) is 0.269. The standard InChI is InChI=1S/C26H31N7O2/c1-28-20-12-14-33(15-13-20)26(34)30-21-7-5-6-18(16-21)19-10-11-24(29-17-19)32-25(27)31-22-8-3-4-9-23(22)35-2/h3-11,16-17,20,28H,12-15H2,1-2H3,(H,30,34)(H3,27,29,31,32). The molecule has 1 saturated heterocycles. The van der Waals surface area contributed by atoms with Gasteiger partial charge >= 0.3 is 6.03 Å². The maximum absolute atomic E-state index is 12.7. The van der Waals surface area contributed by atoms with Gasteiger partial charge in [0.1, 0.15) is 5.75 Å². The second-order valence-corrected chi connectivity index (χ2v) is 8.29. The number of benzene rings is 2. The summed E-state index contributed by atoms with van der Waals surface area (Å²) in [6.45, 7) is 1.50. The third kappa shape index (κ3) is 6.27. The van der Waals surface area contributed by atoms with Gasteiger partial charge in [0.25, 0.3) is 0 Å². The fourth-order valence-corrected chi connectivity index (χ4v) is 4.01. The highest BCUT2D eigenvalue weighted by molar-refractivity contribution is 5.95. The molecular weight excluding hydrogens is 442 g/mol. The summed E-state index contributed by atoms with van der Waals surface area (Å²) >= 11 is 0. The van der Waals surface area contributed by atoms with Crippen LogP contribution in [0.1, 0.15) is 12.8 Å². The maximum atomic E-state index is 12.7. The molecule has 5 N–H and O–H groups in total. The number of aliphatic imine (C=N–C) groups is 1. The lowest BCUT2D eigenvalue weighted by Gasteiger charge is -2.31. The lowest BCUT2D eigenvalue weighted by molar-refractivity contribution is 0.190. The molecule has 1 aliphatic rings. The Morgan fingerprint density at radius 3 is 2.57 bits per heavy atom. The predicted octanol–water partition coefficient (Wildman–Crippen LogP) is 4.03. The highest BCUT2D eigenvalue weighted by Gasteiger charge is 2.21. The molecule has 3 aromatic rings. The quantitative estimate of drug-likeness (QED) is 0.317. The van der Waals surface area contributed by atoms with Crippen LogP contribution in [0.4, 0.5) is 22.0 Å². The number of nitrogens with two attached hydrogens (primary N) is 1. The van der Waals surface area contributed by atoms with E-state index in [1.807, 2.05) is 66.5 Å². The number of rotatable bonds is 6. The molecule has 0 radical (unpaired) electrons. The molecular formula is C26H31N7O2. The van der Waals surface area contributed by atoms with Gasteiger partial charge < -0.3 is 31.3 Å². The third-order valence-corrected chi connectivity index (χ3v) is 5.99. The van der Waals surface area contributed by atoms with Crippen molar-refractivity contribution in [3.05, 3.63) is 66.9 Å². The zero-order valence-corrected chi connectivity index (χ0v) is 20.0. The summed E-state index contributed by atoms with van der Waals surface area (Å²) in [7, 11) is 3.56. The molecule has 0 atom stereocenters. The van der Waals surface area contributed by atoms with E-state index in [1.54, 1.807) is 19.4 Å². The first-order valence-corrected chi connectivity index (χ1v) is 11.6. The Bertz CT molecular complexity index is 1170. The van der Waals surface area contributed by atoms with E-state index in [2.05, 4.69) is 25.9 Å². The van der Waals surface area contributed by atoms with E-state index >= 15 is 0 Å². The number of methoxy groups -OCH3 is 1. The third-order valence-electron chi connectivity index (χ3n) is 5.99. The summed E-state index contributed by atoms with van der Waals surface area (Å²) in [6, 6.07) is 19.3. The van der Waals surface area contributed by atoms with Crippen LogP contribution >= 0.6 is 0 Å². The minimum absolute atomic E-state index is 0.0717. The topological polar surface area (TPSA) is 117 Å². The Morgan fingerprint density at radius 1 is 1.06 bits per heavy atom. The van der Waals surface area contributed by atoms with E-state index in [9.17, 15) is 4.79 Å². The van der Waals surface area contributed by atoms with Gasteiger partial charge in [-0.1, -0.05) is 24.3 Å². The van der Waals surface area contributed by atoms with Crippen molar-refractivity contribution < 1.29 is 9.53 Å². The number of piperidine rings is 1. The second kappa shape index (κ2) is 11.3. The highest BCUT2D eigenvalue weighted by atomic mass is 16.5. The molecule has 0 spiro atoms. The molecule has 9 heteroatoms. The maximum Gasteiger partial charge on any atom is 0.321 e. The largest absolute Gasteiger partial charge is 0.495 e. The summed E-state index contributed by atoms with van der Waals surface area (Å²) in [5.74, 6) is 1.35. The minimum atomic E-state index is -0.0717. The van der Waals surface area contributed by atoms with Gasteiger partial charge in [0, 0.05) is 36.6 Å². The number of amides is 2. The zero-order valence-electron chi connectivity index (χ0n) is 20.0. The molecule has 182 valence electrons. The zero-order chi connectivity index (χ0) is 24.6. The Hall–Kier alpha value is -4.11. The first kappa shape index (κ1) is 24.0. The Kier molecular flexibility index (Phi) is 7.79. The monoisotopic (exact) mass is 473 g/mol. The Labute approximate surface area is 205 Å². The van der Waals surface area contributed by atoms with Gasteiger partial charge in [-0.15, -0.1) is 0 Å². The fourth-order valence-electron chi connectivity index (χ4n) is 4.01. The van der Waals surface area contributed by atoms with Crippen LogP contribution in [0.15, 0.2) is 71.9 Å². The number of anilines is 2. The van der Waals surface area contributed by atoms with E-state index in [-0.39, 0.29) is 12.0 Å². The van der Waals surface area contributed by atoms with Crippen LogP contribution in [0.2, 0.25) is 0 Å². The number of urea groups is 1. The molecule has 0 bridgehead atoms. The smallest absolute Gasteiger partial charge is 0.321 e. The van der Waals surface area contributed by atoms with Crippen LogP contribution in [0.5, 0.6) is 5.75 Å². The number of hydrogen-bond acceptors (Lipinski definition) is 5. The summed E-state index contributed by atoms with van der Waals surface area (Å²) in [5.41, 5.74) is 9.37. The lowest BCUT2D eigenvalue weighted by Crippen LogP contribution is -2.45. The number of likely N-dealkylation sites (tertiary alicyclic amines) is 1. The van der Waals surface area contributed by atoms with Gasteiger partial charge in [-0.3, -0.25) is 0 Å². The van der Waals surface area contributed by atoms with Crippen molar-refractivity contribution in [2.24, 2.45) is 10.7 Å². The summed E-state index contributed by atoms with van der Waals surface area (Å²) < 4.78 is 5.32. The second-order valence-electron chi connectivity index (χ2n) is 8.29. The average Bonchev–Trinajstić information content (AvgIpc) is 2.89. The van der Waals surface area contributed by atoms with E-state index in [4.69, 9.17) is 10.5 Å². The molecule has 1 aliphatic heterocycles. The minimum Gasteiger partial charge on any atom is -0.495 e. The number of aromatic nitrogens is 1. The molecule has 1 aromatic heterocycles. The summed E-state index contributed by atoms with van der Waals surface area (Å²) in [4.78, 5) is 23.3. The predicted molar refractivity (Wildman–Crippen MR) is 140 cm³/mol. The number of nitrogens with one attached hydrogen (secondary N) is 3. The van der Waals surface area contributed by atoms with Crippen molar-refractivity contribution >= 4 is 29.2 Å². The molecule has 4 rings (SSSR count). The van der Waals surface area contributed by atoms with Gasteiger partial charge in [-0.25, -0.2) is 9.78 Å². The number of hydrogen-bond donors (Lipinski definition) is 4. The SMILES string of the molecule is CNC1CCN(C(=O)Nc2cccc(-c3ccc(N=C(N)Nc4ccccc4OC)nc3)c2)CC1. The number of ether oxygens (including phenoxy) is 1. The molecule has 0 saturated carbocycles.